The van der Waals surface area contributed by atoms with Crippen LogP contribution in [0.15, 0.2) is 6.07 Å². The second-order valence-electron chi connectivity index (χ2n) is 4.86. The molecule has 0 aliphatic heterocycles. The number of methoxy groups -OCH3 is 1. The van der Waals surface area contributed by atoms with Gasteiger partial charge < -0.3 is 14.8 Å². The van der Waals surface area contributed by atoms with E-state index in [-0.39, 0.29) is 0 Å². The molecule has 5 nitrogen and oxygen atoms in total. The normalized spacial score (nSPS) is 14.9. The Morgan fingerprint density at radius 1 is 1.33 bits per heavy atom. The van der Waals surface area contributed by atoms with Crippen molar-refractivity contribution in [3.63, 3.8) is 0 Å². The van der Waals surface area contributed by atoms with E-state index >= 15 is 0 Å². The van der Waals surface area contributed by atoms with Gasteiger partial charge in [-0.25, -0.2) is 4.98 Å². The summed E-state index contributed by atoms with van der Waals surface area (Å²) in [5.74, 6) is 2.89. The smallest absolute Gasteiger partial charge is 0.218 e. The first kappa shape index (κ1) is 13.1. The molecule has 0 bridgehead atoms. The van der Waals surface area contributed by atoms with Crippen molar-refractivity contribution in [3.8, 4) is 5.88 Å². The van der Waals surface area contributed by atoms with Crippen molar-refractivity contribution in [3.05, 3.63) is 11.9 Å². The molecule has 1 saturated carbocycles. The molecule has 0 atom stereocenters. The molecule has 5 heteroatoms. The van der Waals surface area contributed by atoms with E-state index in [1.54, 1.807) is 7.11 Å². The average molecular weight is 251 g/mol. The second kappa shape index (κ2) is 6.00. The topological polar surface area (TPSA) is 56.3 Å². The van der Waals surface area contributed by atoms with E-state index in [0.29, 0.717) is 31.1 Å². The number of hydrogen-bond acceptors (Lipinski definition) is 5. The van der Waals surface area contributed by atoms with Gasteiger partial charge in [-0.15, -0.1) is 0 Å². The van der Waals surface area contributed by atoms with Gasteiger partial charge in [0, 0.05) is 25.1 Å². The fourth-order valence-corrected chi connectivity index (χ4v) is 1.64. The highest BCUT2D eigenvalue weighted by molar-refractivity contribution is 5.40. The largest absolute Gasteiger partial charge is 0.475 e. The summed E-state index contributed by atoms with van der Waals surface area (Å²) >= 11 is 0. The van der Waals surface area contributed by atoms with Gasteiger partial charge in [-0.1, -0.05) is 0 Å². The molecule has 1 heterocycles. The zero-order valence-electron chi connectivity index (χ0n) is 11.3. The van der Waals surface area contributed by atoms with Crippen molar-refractivity contribution < 1.29 is 9.47 Å². The Morgan fingerprint density at radius 2 is 2.11 bits per heavy atom. The third-order valence-electron chi connectivity index (χ3n) is 2.64. The van der Waals surface area contributed by atoms with Crippen molar-refractivity contribution in [1.29, 1.82) is 0 Å². The van der Waals surface area contributed by atoms with Crippen LogP contribution < -0.4 is 10.1 Å². The van der Waals surface area contributed by atoms with Crippen LogP contribution in [0.2, 0.25) is 0 Å². The number of aromatic nitrogens is 2. The molecular formula is C13H21N3O2. The number of ether oxygens (including phenoxy) is 2. The van der Waals surface area contributed by atoms with E-state index in [1.165, 1.54) is 12.8 Å². The van der Waals surface area contributed by atoms with Gasteiger partial charge in [0.15, 0.2) is 0 Å². The van der Waals surface area contributed by atoms with Crippen LogP contribution in [0.4, 0.5) is 5.82 Å². The Labute approximate surface area is 108 Å². The second-order valence-corrected chi connectivity index (χ2v) is 4.86. The number of hydrogen-bond donors (Lipinski definition) is 1. The Kier molecular flexibility index (Phi) is 4.36. The van der Waals surface area contributed by atoms with E-state index in [1.807, 2.05) is 6.07 Å². The number of rotatable bonds is 7. The lowest BCUT2D eigenvalue weighted by Gasteiger charge is -2.12. The van der Waals surface area contributed by atoms with Gasteiger partial charge in [0.1, 0.15) is 18.2 Å². The summed E-state index contributed by atoms with van der Waals surface area (Å²) in [7, 11) is 1.66. The van der Waals surface area contributed by atoms with Crippen LogP contribution in [-0.2, 0) is 4.74 Å². The standard InChI is InChI=1S/C13H21N3O2/c1-9(2)14-11-8-12(18-7-6-17-3)16-13(15-11)10-4-5-10/h8-10H,4-7H2,1-3H3,(H,14,15,16). The highest BCUT2D eigenvalue weighted by Gasteiger charge is 2.27. The summed E-state index contributed by atoms with van der Waals surface area (Å²) in [6.07, 6.45) is 2.37. The number of anilines is 1. The zero-order chi connectivity index (χ0) is 13.0. The molecule has 0 aromatic carbocycles. The van der Waals surface area contributed by atoms with E-state index in [4.69, 9.17) is 9.47 Å². The summed E-state index contributed by atoms with van der Waals surface area (Å²) < 4.78 is 10.5. The lowest BCUT2D eigenvalue weighted by molar-refractivity contribution is 0.143. The van der Waals surface area contributed by atoms with E-state index in [0.717, 1.165) is 11.6 Å². The molecule has 1 aliphatic rings. The molecule has 1 N–H and O–H groups in total. The third-order valence-corrected chi connectivity index (χ3v) is 2.64. The molecule has 2 rings (SSSR count). The van der Waals surface area contributed by atoms with Gasteiger partial charge >= 0.3 is 0 Å². The van der Waals surface area contributed by atoms with Crippen LogP contribution in [-0.4, -0.2) is 36.3 Å². The zero-order valence-corrected chi connectivity index (χ0v) is 11.3. The highest BCUT2D eigenvalue weighted by Crippen LogP contribution is 2.39. The van der Waals surface area contributed by atoms with E-state index < -0.39 is 0 Å². The van der Waals surface area contributed by atoms with Crippen molar-refractivity contribution in [2.45, 2.75) is 38.6 Å². The molecular weight excluding hydrogens is 230 g/mol. The maximum atomic E-state index is 5.57. The molecule has 1 aromatic heterocycles. The van der Waals surface area contributed by atoms with Crippen LogP contribution in [0.3, 0.4) is 0 Å². The van der Waals surface area contributed by atoms with Gasteiger partial charge in [0.05, 0.1) is 6.61 Å². The molecule has 0 radical (unpaired) electrons. The van der Waals surface area contributed by atoms with Crippen molar-refractivity contribution >= 4 is 5.82 Å². The Balaban J connectivity index is 2.08. The fraction of sp³-hybridized carbons (Fsp3) is 0.692. The Bertz CT molecular complexity index is 392. The summed E-state index contributed by atoms with van der Waals surface area (Å²) in [6, 6.07) is 2.19. The predicted molar refractivity (Wildman–Crippen MR) is 70.1 cm³/mol. The lowest BCUT2D eigenvalue weighted by Crippen LogP contribution is -2.13. The van der Waals surface area contributed by atoms with Gasteiger partial charge in [-0.05, 0) is 26.7 Å². The summed E-state index contributed by atoms with van der Waals surface area (Å²) in [5.41, 5.74) is 0. The molecule has 0 unspecified atom stereocenters. The SMILES string of the molecule is COCCOc1cc(NC(C)C)nc(C2CC2)n1. The maximum absolute atomic E-state index is 5.57. The number of nitrogens with zero attached hydrogens (tertiary/aromatic N) is 2. The highest BCUT2D eigenvalue weighted by atomic mass is 16.5. The minimum Gasteiger partial charge on any atom is -0.475 e. The van der Waals surface area contributed by atoms with Crippen LogP contribution >= 0.6 is 0 Å². The molecule has 1 fully saturated rings. The third kappa shape index (κ3) is 3.84. The Hall–Kier alpha value is -1.36. The molecule has 1 aliphatic carbocycles. The van der Waals surface area contributed by atoms with Crippen molar-refractivity contribution in [1.82, 2.24) is 9.97 Å². The quantitative estimate of drug-likeness (QED) is 0.753. The molecule has 0 amide bonds. The molecule has 100 valence electrons. The molecule has 0 spiro atoms. The first-order chi connectivity index (χ1) is 8.69. The van der Waals surface area contributed by atoms with E-state index in [9.17, 15) is 0 Å². The summed E-state index contributed by atoms with van der Waals surface area (Å²) in [5, 5.41) is 3.30. The van der Waals surface area contributed by atoms with Crippen LogP contribution in [0, 0.1) is 0 Å². The van der Waals surface area contributed by atoms with E-state index in [2.05, 4.69) is 29.1 Å². The minimum absolute atomic E-state index is 0.346. The summed E-state index contributed by atoms with van der Waals surface area (Å²) in [4.78, 5) is 8.98. The molecule has 0 saturated heterocycles. The molecule has 18 heavy (non-hydrogen) atoms. The van der Waals surface area contributed by atoms with Gasteiger partial charge in [-0.2, -0.15) is 4.98 Å². The first-order valence-corrected chi connectivity index (χ1v) is 6.46. The van der Waals surface area contributed by atoms with Gasteiger partial charge in [0.25, 0.3) is 0 Å². The van der Waals surface area contributed by atoms with Crippen LogP contribution in [0.25, 0.3) is 0 Å². The summed E-state index contributed by atoms with van der Waals surface area (Å²) in [6.45, 7) is 5.25. The Morgan fingerprint density at radius 3 is 2.72 bits per heavy atom. The maximum Gasteiger partial charge on any atom is 0.218 e. The average Bonchev–Trinajstić information content (AvgIpc) is 3.12. The first-order valence-electron chi connectivity index (χ1n) is 6.46. The molecule has 1 aromatic rings. The monoisotopic (exact) mass is 251 g/mol. The van der Waals surface area contributed by atoms with Crippen LogP contribution in [0.1, 0.15) is 38.4 Å². The van der Waals surface area contributed by atoms with Crippen molar-refractivity contribution in [2.24, 2.45) is 0 Å². The number of nitrogens with one attached hydrogen (secondary N) is 1. The fourth-order valence-electron chi connectivity index (χ4n) is 1.64. The predicted octanol–water partition coefficient (Wildman–Crippen LogP) is 2.20. The minimum atomic E-state index is 0.346. The van der Waals surface area contributed by atoms with Crippen molar-refractivity contribution in [2.75, 3.05) is 25.6 Å². The van der Waals surface area contributed by atoms with Gasteiger partial charge in [-0.3, -0.25) is 0 Å². The van der Waals surface area contributed by atoms with Gasteiger partial charge in [0.2, 0.25) is 5.88 Å². The van der Waals surface area contributed by atoms with Crippen LogP contribution in [0.5, 0.6) is 5.88 Å². The lowest BCUT2D eigenvalue weighted by atomic mass is 10.3.